The average Bonchev–Trinajstić information content (AvgIpc) is 3.02. The number of aliphatic hydroxyl groups is 1. The molecule has 2 saturated heterocycles. The maximum Gasteiger partial charge on any atom is 0.0638 e. The second-order valence-electron chi connectivity index (χ2n) is 8.60. The molecule has 0 amide bonds. The highest BCUT2D eigenvalue weighted by Gasteiger charge is 2.34. The smallest absolute Gasteiger partial charge is 0.0638 e. The van der Waals surface area contributed by atoms with Crippen LogP contribution >= 0.6 is 0 Å². The molecule has 0 spiro atoms. The summed E-state index contributed by atoms with van der Waals surface area (Å²) in [6, 6.07) is 1.81. The fourth-order valence-corrected chi connectivity index (χ4v) is 4.82. The van der Waals surface area contributed by atoms with Crippen molar-refractivity contribution in [3.05, 3.63) is 17.5 Å². The van der Waals surface area contributed by atoms with Crippen molar-refractivity contribution in [3.63, 3.8) is 0 Å². The van der Waals surface area contributed by atoms with Gasteiger partial charge in [-0.2, -0.15) is 5.10 Å². The third-order valence-corrected chi connectivity index (χ3v) is 6.54. The summed E-state index contributed by atoms with van der Waals surface area (Å²) in [5.74, 6) is 0. The quantitative estimate of drug-likeness (QED) is 0.787. The summed E-state index contributed by atoms with van der Waals surface area (Å²) in [4.78, 5) is 7.87. The highest BCUT2D eigenvalue weighted by Crippen LogP contribution is 2.25. The molecule has 0 saturated carbocycles. The Labute approximate surface area is 165 Å². The van der Waals surface area contributed by atoms with Crippen molar-refractivity contribution >= 4 is 0 Å². The Morgan fingerprint density at radius 3 is 2.52 bits per heavy atom. The second-order valence-corrected chi connectivity index (χ2v) is 8.60. The van der Waals surface area contributed by atoms with Crippen LogP contribution in [0.4, 0.5) is 0 Å². The van der Waals surface area contributed by atoms with Crippen LogP contribution in [0.3, 0.4) is 0 Å². The fraction of sp³-hybridized carbons (Fsp3) is 0.857. The van der Waals surface area contributed by atoms with Crippen molar-refractivity contribution in [2.75, 3.05) is 39.3 Å². The van der Waals surface area contributed by atoms with Gasteiger partial charge in [0.25, 0.3) is 0 Å². The first-order valence-electron chi connectivity index (χ1n) is 10.9. The van der Waals surface area contributed by atoms with Crippen molar-refractivity contribution < 1.29 is 5.11 Å². The zero-order valence-corrected chi connectivity index (χ0v) is 17.8. The van der Waals surface area contributed by atoms with Gasteiger partial charge in [0.1, 0.15) is 0 Å². The molecular weight excluding hydrogens is 338 g/mol. The lowest BCUT2D eigenvalue weighted by atomic mass is 9.97. The van der Waals surface area contributed by atoms with E-state index >= 15 is 0 Å². The molecule has 3 heterocycles. The first-order chi connectivity index (χ1) is 13.0. The first kappa shape index (κ1) is 20.8. The molecule has 6 heteroatoms. The third kappa shape index (κ3) is 5.11. The van der Waals surface area contributed by atoms with E-state index in [0.29, 0.717) is 18.1 Å². The maximum absolute atomic E-state index is 9.64. The molecule has 154 valence electrons. The predicted octanol–water partition coefficient (Wildman–Crippen LogP) is 1.95. The molecule has 1 aromatic heterocycles. The van der Waals surface area contributed by atoms with Gasteiger partial charge in [-0.25, -0.2) is 0 Å². The highest BCUT2D eigenvalue weighted by molar-refractivity contribution is 5.15. The molecule has 2 fully saturated rings. The highest BCUT2D eigenvalue weighted by atomic mass is 16.3. The molecule has 6 nitrogen and oxygen atoms in total. The van der Waals surface area contributed by atoms with Gasteiger partial charge in [0, 0.05) is 69.2 Å². The van der Waals surface area contributed by atoms with Gasteiger partial charge in [-0.3, -0.25) is 14.5 Å². The first-order valence-corrected chi connectivity index (χ1v) is 10.9. The van der Waals surface area contributed by atoms with Gasteiger partial charge < -0.3 is 10.0 Å². The van der Waals surface area contributed by atoms with Crippen molar-refractivity contribution in [3.8, 4) is 0 Å². The van der Waals surface area contributed by atoms with Gasteiger partial charge in [0.05, 0.1) is 5.69 Å². The van der Waals surface area contributed by atoms with E-state index in [1.807, 2.05) is 4.68 Å². The molecule has 2 aliphatic rings. The van der Waals surface area contributed by atoms with Crippen LogP contribution in [0, 0.1) is 6.92 Å². The lowest BCUT2D eigenvalue weighted by molar-refractivity contribution is -0.0000821. The number of likely N-dealkylation sites (tertiary alicyclic amines) is 1. The van der Waals surface area contributed by atoms with Crippen LogP contribution in [0.2, 0.25) is 0 Å². The molecule has 2 aliphatic heterocycles. The van der Waals surface area contributed by atoms with Crippen LogP contribution in [0.5, 0.6) is 0 Å². The largest absolute Gasteiger partial charge is 0.396 e. The monoisotopic (exact) mass is 377 g/mol. The number of nitrogens with zero attached hydrogens (tertiary/aromatic N) is 5. The second kappa shape index (κ2) is 9.50. The molecule has 0 radical (unpaired) electrons. The summed E-state index contributed by atoms with van der Waals surface area (Å²) in [6.45, 7) is 16.8. The molecular formula is C21H39N5O. The fourth-order valence-electron chi connectivity index (χ4n) is 4.82. The molecule has 3 rings (SSSR count). The normalized spacial score (nSPS) is 24.1. The molecule has 0 aromatic carbocycles. The number of aliphatic hydroxyl groups excluding tert-OH is 1. The summed E-state index contributed by atoms with van der Waals surface area (Å²) in [6.07, 6.45) is 5.61. The van der Waals surface area contributed by atoms with E-state index in [1.165, 1.54) is 31.5 Å². The van der Waals surface area contributed by atoms with Crippen LogP contribution in [0.25, 0.3) is 0 Å². The van der Waals surface area contributed by atoms with Gasteiger partial charge in [-0.05, 0) is 60.0 Å². The summed E-state index contributed by atoms with van der Waals surface area (Å²) in [7, 11) is 0. The Bertz CT molecular complexity index is 579. The standard InChI is InChI=1S/C21H39N5O/c1-5-25-15-19(18(4)22-25)14-23-11-12-26(21(16-23)8-13-27)20-6-9-24(10-7-20)17(2)3/h15,17,20-21,27H,5-14,16H2,1-4H3/t21-/m0/s1. The van der Waals surface area contributed by atoms with E-state index in [2.05, 4.69) is 53.7 Å². The number of piperidine rings is 1. The van der Waals surface area contributed by atoms with Crippen molar-refractivity contribution in [1.29, 1.82) is 0 Å². The van der Waals surface area contributed by atoms with Crippen LogP contribution < -0.4 is 0 Å². The SMILES string of the molecule is CCn1cc(CN2CCN(C3CCN(C(C)C)CC3)[C@@H](CCO)C2)c(C)n1. The maximum atomic E-state index is 9.64. The lowest BCUT2D eigenvalue weighted by Crippen LogP contribution is -2.58. The van der Waals surface area contributed by atoms with Gasteiger partial charge in [-0.1, -0.05) is 0 Å². The number of aryl methyl sites for hydroxylation is 2. The third-order valence-electron chi connectivity index (χ3n) is 6.54. The van der Waals surface area contributed by atoms with Crippen molar-refractivity contribution in [2.24, 2.45) is 0 Å². The molecule has 0 unspecified atom stereocenters. The van der Waals surface area contributed by atoms with Gasteiger partial charge in [0.15, 0.2) is 0 Å². The summed E-state index contributed by atoms with van der Waals surface area (Å²) >= 11 is 0. The van der Waals surface area contributed by atoms with Crippen LogP contribution in [-0.4, -0.2) is 87.0 Å². The van der Waals surface area contributed by atoms with E-state index in [0.717, 1.165) is 44.8 Å². The van der Waals surface area contributed by atoms with E-state index < -0.39 is 0 Å². The Balaban J connectivity index is 1.59. The van der Waals surface area contributed by atoms with Gasteiger partial charge >= 0.3 is 0 Å². The Morgan fingerprint density at radius 2 is 1.93 bits per heavy atom. The number of aromatic nitrogens is 2. The molecule has 27 heavy (non-hydrogen) atoms. The van der Waals surface area contributed by atoms with E-state index in [-0.39, 0.29) is 6.61 Å². The van der Waals surface area contributed by atoms with E-state index in [9.17, 15) is 5.11 Å². The molecule has 1 N–H and O–H groups in total. The van der Waals surface area contributed by atoms with Crippen LogP contribution in [-0.2, 0) is 13.1 Å². The summed E-state index contributed by atoms with van der Waals surface area (Å²) in [5, 5.41) is 14.2. The van der Waals surface area contributed by atoms with Gasteiger partial charge in [0.2, 0.25) is 0 Å². The Kier molecular flexibility index (Phi) is 7.31. The van der Waals surface area contributed by atoms with E-state index in [1.54, 1.807) is 0 Å². The summed E-state index contributed by atoms with van der Waals surface area (Å²) in [5.41, 5.74) is 2.50. The van der Waals surface area contributed by atoms with Crippen molar-refractivity contribution in [2.45, 2.75) is 78.2 Å². The zero-order valence-electron chi connectivity index (χ0n) is 17.8. The number of hydrogen-bond donors (Lipinski definition) is 1. The minimum Gasteiger partial charge on any atom is -0.396 e. The molecule has 0 aliphatic carbocycles. The topological polar surface area (TPSA) is 47.8 Å². The summed E-state index contributed by atoms with van der Waals surface area (Å²) < 4.78 is 2.04. The molecule has 1 aromatic rings. The zero-order chi connectivity index (χ0) is 19.4. The molecule has 0 bridgehead atoms. The predicted molar refractivity (Wildman–Crippen MR) is 110 cm³/mol. The molecule has 1 atom stereocenters. The lowest BCUT2D eigenvalue weighted by Gasteiger charge is -2.48. The number of piperazine rings is 1. The average molecular weight is 378 g/mol. The van der Waals surface area contributed by atoms with Crippen molar-refractivity contribution in [1.82, 2.24) is 24.5 Å². The van der Waals surface area contributed by atoms with E-state index in [4.69, 9.17) is 0 Å². The Morgan fingerprint density at radius 1 is 1.19 bits per heavy atom. The van der Waals surface area contributed by atoms with Gasteiger partial charge in [-0.15, -0.1) is 0 Å². The Hall–Kier alpha value is -0.950. The van der Waals surface area contributed by atoms with Crippen LogP contribution in [0.15, 0.2) is 6.20 Å². The minimum atomic E-state index is 0.284. The minimum absolute atomic E-state index is 0.284. The number of rotatable bonds is 7. The van der Waals surface area contributed by atoms with Crippen LogP contribution in [0.1, 0.15) is 51.3 Å². The number of hydrogen-bond acceptors (Lipinski definition) is 5.